The first-order valence-electron chi connectivity index (χ1n) is 3.89. The van der Waals surface area contributed by atoms with Gasteiger partial charge in [-0.3, -0.25) is 4.79 Å². The SMILES string of the molecule is O=C1C=Cc2ccccc2OC1Br. The molecule has 1 aromatic carbocycles. The molecular formula is C10H7BrO2. The van der Waals surface area contributed by atoms with Crippen molar-refractivity contribution < 1.29 is 9.53 Å². The Labute approximate surface area is 84.3 Å². The molecule has 1 aliphatic rings. The lowest BCUT2D eigenvalue weighted by molar-refractivity contribution is -0.117. The van der Waals surface area contributed by atoms with Crippen LogP contribution in [0.5, 0.6) is 5.75 Å². The van der Waals surface area contributed by atoms with Crippen molar-refractivity contribution >= 4 is 27.8 Å². The Morgan fingerprint density at radius 2 is 2.00 bits per heavy atom. The van der Waals surface area contributed by atoms with Crippen LogP contribution in [0.1, 0.15) is 5.56 Å². The first-order valence-corrected chi connectivity index (χ1v) is 4.80. The molecule has 3 heteroatoms. The van der Waals surface area contributed by atoms with E-state index in [0.717, 1.165) is 11.3 Å². The van der Waals surface area contributed by atoms with Crippen LogP contribution in [0.15, 0.2) is 30.3 Å². The van der Waals surface area contributed by atoms with Gasteiger partial charge >= 0.3 is 0 Å². The van der Waals surface area contributed by atoms with E-state index in [4.69, 9.17) is 4.74 Å². The van der Waals surface area contributed by atoms with E-state index in [1.165, 1.54) is 6.08 Å². The van der Waals surface area contributed by atoms with Crippen LogP contribution >= 0.6 is 15.9 Å². The number of hydrogen-bond acceptors (Lipinski definition) is 2. The monoisotopic (exact) mass is 238 g/mol. The molecule has 1 aliphatic heterocycles. The first-order chi connectivity index (χ1) is 6.27. The number of hydrogen-bond donors (Lipinski definition) is 0. The van der Waals surface area contributed by atoms with E-state index in [-0.39, 0.29) is 5.78 Å². The maximum Gasteiger partial charge on any atom is 0.215 e. The number of benzene rings is 1. The summed E-state index contributed by atoms with van der Waals surface area (Å²) in [7, 11) is 0. The van der Waals surface area contributed by atoms with Crippen LogP contribution in [0, 0.1) is 0 Å². The second-order valence-corrected chi connectivity index (χ2v) is 3.54. The van der Waals surface area contributed by atoms with Gasteiger partial charge < -0.3 is 4.74 Å². The summed E-state index contributed by atoms with van der Waals surface area (Å²) in [4.78, 5) is 11.2. The molecule has 0 aromatic heterocycles. The molecule has 0 amide bonds. The Hall–Kier alpha value is -1.09. The summed E-state index contributed by atoms with van der Waals surface area (Å²) >= 11 is 3.15. The third-order valence-corrected chi connectivity index (χ3v) is 2.44. The Bertz CT molecular complexity index is 371. The Morgan fingerprint density at radius 3 is 2.85 bits per heavy atom. The van der Waals surface area contributed by atoms with Crippen LogP contribution in [0.2, 0.25) is 0 Å². The van der Waals surface area contributed by atoms with Gasteiger partial charge in [0.2, 0.25) is 10.8 Å². The fraction of sp³-hybridized carbons (Fsp3) is 0.100. The molecule has 0 bridgehead atoms. The number of halogens is 1. The van der Waals surface area contributed by atoms with Gasteiger partial charge in [-0.1, -0.05) is 18.2 Å². The molecule has 1 unspecified atom stereocenters. The zero-order valence-corrected chi connectivity index (χ0v) is 8.32. The predicted octanol–water partition coefficient (Wildman–Crippen LogP) is 2.38. The maximum atomic E-state index is 11.2. The fourth-order valence-electron chi connectivity index (χ4n) is 1.14. The van der Waals surface area contributed by atoms with Crippen molar-refractivity contribution in [2.24, 2.45) is 0 Å². The van der Waals surface area contributed by atoms with Crippen molar-refractivity contribution in [2.75, 3.05) is 0 Å². The van der Waals surface area contributed by atoms with Crippen molar-refractivity contribution in [3.8, 4) is 5.75 Å². The fourth-order valence-corrected chi connectivity index (χ4v) is 1.50. The highest BCUT2D eigenvalue weighted by Crippen LogP contribution is 2.25. The third kappa shape index (κ3) is 1.65. The second-order valence-electron chi connectivity index (χ2n) is 2.71. The number of ether oxygens (including phenoxy) is 1. The normalized spacial score (nSPS) is 20.4. The van der Waals surface area contributed by atoms with E-state index >= 15 is 0 Å². The minimum Gasteiger partial charge on any atom is -0.470 e. The summed E-state index contributed by atoms with van der Waals surface area (Å²) in [6, 6.07) is 7.53. The van der Waals surface area contributed by atoms with Crippen molar-refractivity contribution in [1.29, 1.82) is 0 Å². The molecule has 1 heterocycles. The molecule has 1 atom stereocenters. The van der Waals surface area contributed by atoms with Crippen molar-refractivity contribution in [1.82, 2.24) is 0 Å². The lowest BCUT2D eigenvalue weighted by Gasteiger charge is -2.09. The molecule has 0 saturated heterocycles. The molecule has 13 heavy (non-hydrogen) atoms. The average Bonchev–Trinajstić information content (AvgIpc) is 2.28. The molecule has 2 nitrogen and oxygen atoms in total. The summed E-state index contributed by atoms with van der Waals surface area (Å²) in [6.07, 6.45) is 3.28. The number of fused-ring (bicyclic) bond motifs is 1. The highest BCUT2D eigenvalue weighted by atomic mass is 79.9. The van der Waals surface area contributed by atoms with Crippen LogP contribution in [0.25, 0.3) is 6.08 Å². The van der Waals surface area contributed by atoms with Crippen molar-refractivity contribution in [3.05, 3.63) is 35.9 Å². The zero-order valence-electron chi connectivity index (χ0n) is 6.74. The Kier molecular flexibility index (Phi) is 2.19. The third-order valence-electron chi connectivity index (χ3n) is 1.80. The van der Waals surface area contributed by atoms with Gasteiger partial charge in [-0.2, -0.15) is 0 Å². The van der Waals surface area contributed by atoms with Crippen LogP contribution < -0.4 is 4.74 Å². The quantitative estimate of drug-likeness (QED) is 0.649. The molecule has 0 saturated carbocycles. The number of ketones is 1. The maximum absolute atomic E-state index is 11.2. The number of para-hydroxylation sites is 1. The molecule has 0 N–H and O–H groups in total. The molecule has 0 spiro atoms. The highest BCUT2D eigenvalue weighted by molar-refractivity contribution is 9.09. The van der Waals surface area contributed by atoms with Gasteiger partial charge in [0.05, 0.1) is 0 Å². The summed E-state index contributed by atoms with van der Waals surface area (Å²) in [5.41, 5.74) is 0.929. The molecular weight excluding hydrogens is 232 g/mol. The number of alkyl halides is 1. The molecule has 1 aromatic rings. The summed E-state index contributed by atoms with van der Waals surface area (Å²) < 4.78 is 5.37. The Morgan fingerprint density at radius 1 is 1.23 bits per heavy atom. The molecule has 0 fully saturated rings. The summed E-state index contributed by atoms with van der Waals surface area (Å²) in [6.45, 7) is 0. The zero-order chi connectivity index (χ0) is 9.26. The molecule has 2 rings (SSSR count). The van der Waals surface area contributed by atoms with Gasteiger partial charge in [0.15, 0.2) is 0 Å². The van der Waals surface area contributed by atoms with Gasteiger partial charge in [0, 0.05) is 5.56 Å². The number of carbonyl (C=O) groups excluding carboxylic acids is 1. The minimum atomic E-state index is -0.563. The van der Waals surface area contributed by atoms with E-state index in [0.29, 0.717) is 0 Å². The van der Waals surface area contributed by atoms with Gasteiger partial charge in [-0.25, -0.2) is 0 Å². The standard InChI is InChI=1S/C10H7BrO2/c11-10-8(12)6-5-7-3-1-2-4-9(7)13-10/h1-6,10H. The van der Waals surface area contributed by atoms with Crippen molar-refractivity contribution in [2.45, 2.75) is 5.01 Å². The smallest absolute Gasteiger partial charge is 0.215 e. The van der Waals surface area contributed by atoms with Gasteiger partial charge in [-0.05, 0) is 34.1 Å². The van der Waals surface area contributed by atoms with E-state index in [9.17, 15) is 4.79 Å². The molecule has 0 radical (unpaired) electrons. The highest BCUT2D eigenvalue weighted by Gasteiger charge is 2.17. The lowest BCUT2D eigenvalue weighted by atomic mass is 10.2. The number of carbonyl (C=O) groups is 1. The predicted molar refractivity (Wildman–Crippen MR) is 53.8 cm³/mol. The van der Waals surface area contributed by atoms with E-state index < -0.39 is 5.01 Å². The molecule has 0 aliphatic carbocycles. The number of rotatable bonds is 0. The van der Waals surface area contributed by atoms with E-state index in [1.54, 1.807) is 6.08 Å². The van der Waals surface area contributed by atoms with Crippen LogP contribution in [-0.4, -0.2) is 10.8 Å². The van der Waals surface area contributed by atoms with Gasteiger partial charge in [0.1, 0.15) is 5.75 Å². The van der Waals surface area contributed by atoms with Crippen LogP contribution in [-0.2, 0) is 4.79 Å². The Balaban J connectivity index is 2.46. The second kappa shape index (κ2) is 3.34. The largest absolute Gasteiger partial charge is 0.470 e. The van der Waals surface area contributed by atoms with Crippen LogP contribution in [0.4, 0.5) is 0 Å². The van der Waals surface area contributed by atoms with Gasteiger partial charge in [-0.15, -0.1) is 0 Å². The summed E-state index contributed by atoms with van der Waals surface area (Å²) in [5.74, 6) is 0.655. The topological polar surface area (TPSA) is 26.3 Å². The lowest BCUT2D eigenvalue weighted by Crippen LogP contribution is -2.17. The first kappa shape index (κ1) is 8.51. The summed E-state index contributed by atoms with van der Waals surface area (Å²) in [5, 5.41) is -0.563. The average molecular weight is 239 g/mol. The van der Waals surface area contributed by atoms with Crippen LogP contribution in [0.3, 0.4) is 0 Å². The molecule has 66 valence electrons. The van der Waals surface area contributed by atoms with E-state index in [2.05, 4.69) is 15.9 Å². The van der Waals surface area contributed by atoms with Gasteiger partial charge in [0.25, 0.3) is 0 Å². The van der Waals surface area contributed by atoms with E-state index in [1.807, 2.05) is 24.3 Å². The minimum absolute atomic E-state index is 0.0730. The van der Waals surface area contributed by atoms with Crippen molar-refractivity contribution in [3.63, 3.8) is 0 Å².